The molecule has 0 spiro atoms. The second-order valence-corrected chi connectivity index (χ2v) is 9.96. The summed E-state index contributed by atoms with van der Waals surface area (Å²) in [5, 5.41) is 0. The molecule has 1 aliphatic rings. The van der Waals surface area contributed by atoms with Gasteiger partial charge in [-0.1, -0.05) is 75.6 Å². The Kier molecular flexibility index (Phi) is 8.37. The molecule has 0 amide bonds. The molecule has 198 valence electrons. The second-order valence-electron chi connectivity index (χ2n) is 9.96. The van der Waals surface area contributed by atoms with Crippen LogP contribution in [0.2, 0.25) is 0 Å². The van der Waals surface area contributed by atoms with Crippen LogP contribution >= 0.6 is 0 Å². The Morgan fingerprint density at radius 1 is 0.865 bits per heavy atom. The topological polar surface area (TPSA) is 9.23 Å². The van der Waals surface area contributed by atoms with Gasteiger partial charge >= 0.3 is 0 Å². The number of methoxy groups -OCH3 is 1. The van der Waals surface area contributed by atoms with Gasteiger partial charge in [0.1, 0.15) is 5.82 Å². The quantitative estimate of drug-likeness (QED) is 0.214. The van der Waals surface area contributed by atoms with E-state index in [9.17, 15) is 0 Å². The van der Waals surface area contributed by atoms with Crippen LogP contribution in [-0.2, 0) is 4.74 Å². The average molecular weight is 517 g/mol. The standard InChI is InChI=1S/C31H33F5O/c1-4-11-21-14-9-10-17-31(21,37-3)23(5-2)26-29(35)27(33)25(28(34)30(26)36)22-16-15-20(18-24(22)32)19-12-7-6-8-13-19/h6-8,12-13,15-16,18,21,23H,4-5,9-11,14,17H2,1-3H3. The van der Waals surface area contributed by atoms with Crippen molar-refractivity contribution < 1.29 is 26.7 Å². The highest BCUT2D eigenvalue weighted by molar-refractivity contribution is 5.72. The average Bonchev–Trinajstić information content (AvgIpc) is 2.92. The van der Waals surface area contributed by atoms with Crippen LogP contribution in [0.4, 0.5) is 22.0 Å². The predicted molar refractivity (Wildman–Crippen MR) is 137 cm³/mol. The van der Waals surface area contributed by atoms with E-state index >= 15 is 22.0 Å². The third-order valence-electron chi connectivity index (χ3n) is 8.07. The van der Waals surface area contributed by atoms with E-state index in [2.05, 4.69) is 0 Å². The van der Waals surface area contributed by atoms with Crippen molar-refractivity contribution in [2.45, 2.75) is 70.3 Å². The molecule has 1 aliphatic carbocycles. The van der Waals surface area contributed by atoms with E-state index < -0.39 is 57.3 Å². The van der Waals surface area contributed by atoms with E-state index in [0.717, 1.165) is 44.2 Å². The van der Waals surface area contributed by atoms with Crippen LogP contribution < -0.4 is 0 Å². The van der Waals surface area contributed by atoms with Gasteiger partial charge < -0.3 is 4.74 Å². The van der Waals surface area contributed by atoms with Crippen LogP contribution in [0.3, 0.4) is 0 Å². The molecule has 3 unspecified atom stereocenters. The Morgan fingerprint density at radius 2 is 1.54 bits per heavy atom. The lowest BCUT2D eigenvalue weighted by Gasteiger charge is -2.48. The molecule has 0 heterocycles. The molecular formula is C31H33F5O. The number of hydrogen-bond donors (Lipinski definition) is 0. The molecule has 6 heteroatoms. The summed E-state index contributed by atoms with van der Waals surface area (Å²) in [6.45, 7) is 3.77. The highest BCUT2D eigenvalue weighted by Crippen LogP contribution is 2.51. The van der Waals surface area contributed by atoms with E-state index in [1.54, 1.807) is 37.3 Å². The number of benzene rings is 3. The van der Waals surface area contributed by atoms with Crippen molar-refractivity contribution in [3.05, 3.63) is 83.2 Å². The van der Waals surface area contributed by atoms with Crippen molar-refractivity contribution >= 4 is 0 Å². The summed E-state index contributed by atoms with van der Waals surface area (Å²) in [5.74, 6) is -8.00. The maximum Gasteiger partial charge on any atom is 0.170 e. The summed E-state index contributed by atoms with van der Waals surface area (Å²) < 4.78 is 83.6. The second kappa shape index (κ2) is 11.3. The van der Waals surface area contributed by atoms with E-state index in [4.69, 9.17) is 4.74 Å². The van der Waals surface area contributed by atoms with Crippen molar-refractivity contribution in [3.8, 4) is 22.3 Å². The molecule has 0 saturated heterocycles. The van der Waals surface area contributed by atoms with Gasteiger partial charge in [0.15, 0.2) is 23.3 Å². The first kappa shape index (κ1) is 27.3. The molecule has 0 aliphatic heterocycles. The van der Waals surface area contributed by atoms with E-state index in [1.165, 1.54) is 13.2 Å². The minimum atomic E-state index is -1.59. The molecule has 3 aromatic carbocycles. The van der Waals surface area contributed by atoms with Crippen molar-refractivity contribution in [2.75, 3.05) is 7.11 Å². The largest absolute Gasteiger partial charge is 0.377 e. The van der Waals surface area contributed by atoms with E-state index in [-0.39, 0.29) is 12.3 Å². The Labute approximate surface area is 215 Å². The highest BCUT2D eigenvalue weighted by Gasteiger charge is 2.49. The molecule has 1 fully saturated rings. The van der Waals surface area contributed by atoms with Gasteiger partial charge in [-0.05, 0) is 48.8 Å². The van der Waals surface area contributed by atoms with E-state index in [1.807, 2.05) is 6.92 Å². The Hall–Kier alpha value is -2.73. The van der Waals surface area contributed by atoms with Crippen LogP contribution in [0.5, 0.6) is 0 Å². The van der Waals surface area contributed by atoms with Gasteiger partial charge in [-0.2, -0.15) is 0 Å². The number of hydrogen-bond acceptors (Lipinski definition) is 1. The van der Waals surface area contributed by atoms with Crippen LogP contribution in [0.15, 0.2) is 48.5 Å². The fourth-order valence-electron chi connectivity index (χ4n) is 6.36. The molecule has 0 radical (unpaired) electrons. The Balaban J connectivity index is 1.84. The summed E-state index contributed by atoms with van der Waals surface area (Å²) in [4.78, 5) is 0. The summed E-state index contributed by atoms with van der Waals surface area (Å²) in [6, 6.07) is 12.6. The molecule has 0 aromatic heterocycles. The number of ether oxygens (including phenoxy) is 1. The van der Waals surface area contributed by atoms with Gasteiger partial charge in [0.25, 0.3) is 0 Å². The lowest BCUT2D eigenvalue weighted by atomic mass is 9.64. The maximum atomic E-state index is 15.7. The lowest BCUT2D eigenvalue weighted by molar-refractivity contribution is -0.107. The smallest absolute Gasteiger partial charge is 0.170 e. The minimum absolute atomic E-state index is 0.00812. The molecule has 1 nitrogen and oxygen atoms in total. The molecule has 1 saturated carbocycles. The van der Waals surface area contributed by atoms with Gasteiger partial charge in [-0.3, -0.25) is 0 Å². The SMILES string of the molecule is CCCC1CCCCC1(OC)C(CC)c1c(F)c(F)c(-c2ccc(-c3ccccc3)cc2F)c(F)c1F. The normalized spacial score (nSPS) is 20.7. The molecule has 3 atom stereocenters. The summed E-state index contributed by atoms with van der Waals surface area (Å²) >= 11 is 0. The van der Waals surface area contributed by atoms with Crippen molar-refractivity contribution in [2.24, 2.45) is 5.92 Å². The van der Waals surface area contributed by atoms with Gasteiger partial charge in [-0.25, -0.2) is 22.0 Å². The Bertz CT molecular complexity index is 1210. The molecule has 0 bridgehead atoms. The zero-order chi connectivity index (χ0) is 26.7. The monoisotopic (exact) mass is 516 g/mol. The zero-order valence-corrected chi connectivity index (χ0v) is 21.5. The van der Waals surface area contributed by atoms with Gasteiger partial charge in [-0.15, -0.1) is 0 Å². The highest BCUT2D eigenvalue weighted by atomic mass is 19.2. The van der Waals surface area contributed by atoms with Gasteiger partial charge in [0.2, 0.25) is 0 Å². The minimum Gasteiger partial charge on any atom is -0.377 e. The van der Waals surface area contributed by atoms with Crippen molar-refractivity contribution in [3.63, 3.8) is 0 Å². The molecule has 3 aromatic rings. The maximum absolute atomic E-state index is 15.7. The molecular weight excluding hydrogens is 483 g/mol. The summed E-state index contributed by atoms with van der Waals surface area (Å²) in [5.41, 5.74) is -1.97. The van der Waals surface area contributed by atoms with Crippen LogP contribution in [0.1, 0.15) is 70.3 Å². The van der Waals surface area contributed by atoms with Crippen LogP contribution in [-0.4, -0.2) is 12.7 Å². The third kappa shape index (κ3) is 4.81. The first-order valence-electron chi connectivity index (χ1n) is 13.1. The van der Waals surface area contributed by atoms with Crippen molar-refractivity contribution in [1.29, 1.82) is 0 Å². The lowest BCUT2D eigenvalue weighted by Crippen LogP contribution is -2.48. The third-order valence-corrected chi connectivity index (χ3v) is 8.07. The van der Waals surface area contributed by atoms with Gasteiger partial charge in [0, 0.05) is 24.2 Å². The summed E-state index contributed by atoms with van der Waals surface area (Å²) in [7, 11) is 1.51. The van der Waals surface area contributed by atoms with Crippen molar-refractivity contribution in [1.82, 2.24) is 0 Å². The zero-order valence-electron chi connectivity index (χ0n) is 21.5. The first-order valence-corrected chi connectivity index (χ1v) is 13.1. The predicted octanol–water partition coefficient (Wildman–Crippen LogP) is 9.59. The fourth-order valence-corrected chi connectivity index (χ4v) is 6.36. The van der Waals surface area contributed by atoms with E-state index in [0.29, 0.717) is 17.5 Å². The fraction of sp³-hybridized carbons (Fsp3) is 0.419. The molecule has 0 N–H and O–H groups in total. The number of rotatable bonds is 8. The van der Waals surface area contributed by atoms with Gasteiger partial charge in [0.05, 0.1) is 11.2 Å². The van der Waals surface area contributed by atoms with Crippen LogP contribution in [0.25, 0.3) is 22.3 Å². The Morgan fingerprint density at radius 3 is 2.11 bits per heavy atom. The molecule has 37 heavy (non-hydrogen) atoms. The van der Waals surface area contributed by atoms with Crippen LogP contribution in [0, 0.1) is 35.0 Å². The first-order chi connectivity index (χ1) is 17.8. The number of halogens is 5. The molecule has 4 rings (SSSR count). The summed E-state index contributed by atoms with van der Waals surface area (Å²) in [6.07, 6.45) is 5.02.